The molecule has 0 heterocycles. The van der Waals surface area contributed by atoms with E-state index in [-0.39, 0.29) is 54.0 Å². The Morgan fingerprint density at radius 3 is 2.26 bits per heavy atom. The fourth-order valence-corrected chi connectivity index (χ4v) is 4.51. The van der Waals surface area contributed by atoms with Crippen molar-refractivity contribution in [2.24, 2.45) is 17.1 Å². The molecular weight excluding hydrogens is 340 g/mol. The molecule has 3 N–H and O–H groups in total. The zero-order valence-corrected chi connectivity index (χ0v) is 16.3. The van der Waals surface area contributed by atoms with Crippen LogP contribution >= 0.6 is 12.4 Å². The molecule has 1 rings (SSSR count). The molecule has 0 saturated heterocycles. The van der Waals surface area contributed by atoms with Gasteiger partial charge in [-0.05, 0) is 19.3 Å². The molecule has 6 nitrogen and oxygen atoms in total. The van der Waals surface area contributed by atoms with Gasteiger partial charge in [-0.25, -0.2) is 8.42 Å². The van der Waals surface area contributed by atoms with Gasteiger partial charge in [-0.1, -0.05) is 20.8 Å². The lowest BCUT2D eigenvalue weighted by Crippen LogP contribution is -2.71. The zero-order chi connectivity index (χ0) is 17.1. The summed E-state index contributed by atoms with van der Waals surface area (Å²) >= 11 is 0. The Hall–Kier alpha value is -0.370. The van der Waals surface area contributed by atoms with Crippen LogP contribution in [0.4, 0.5) is 0 Å². The molecule has 8 heteroatoms. The van der Waals surface area contributed by atoms with Gasteiger partial charge in [-0.3, -0.25) is 4.79 Å². The standard InChI is InChI=1S/C15H30N2O4S.ClH/c1-6-15(7-2)12(10(3)13(15)21-4)17-14(18)11(16)8-9-22(5,19)20;/h10-13H,6-9,16H2,1-5H3,(H,17,18);1H. The first-order chi connectivity index (χ1) is 10.1. The van der Waals surface area contributed by atoms with Gasteiger partial charge in [0.2, 0.25) is 5.91 Å². The third kappa shape index (κ3) is 4.81. The number of methoxy groups -OCH3 is 1. The second-order valence-electron chi connectivity index (χ2n) is 6.47. The summed E-state index contributed by atoms with van der Waals surface area (Å²) in [6.45, 7) is 6.26. The van der Waals surface area contributed by atoms with Gasteiger partial charge in [0.15, 0.2) is 0 Å². The quantitative estimate of drug-likeness (QED) is 0.667. The summed E-state index contributed by atoms with van der Waals surface area (Å²) in [5.41, 5.74) is 5.76. The molecule has 1 saturated carbocycles. The van der Waals surface area contributed by atoms with Crippen LogP contribution in [0.5, 0.6) is 0 Å². The Morgan fingerprint density at radius 1 is 1.35 bits per heavy atom. The highest BCUT2D eigenvalue weighted by atomic mass is 35.5. The van der Waals surface area contributed by atoms with Gasteiger partial charge in [0.1, 0.15) is 9.84 Å². The Bertz CT molecular complexity index is 494. The lowest BCUT2D eigenvalue weighted by atomic mass is 9.53. The number of halogens is 1. The maximum absolute atomic E-state index is 12.3. The van der Waals surface area contributed by atoms with E-state index >= 15 is 0 Å². The summed E-state index contributed by atoms with van der Waals surface area (Å²) in [7, 11) is -1.40. The number of nitrogens with one attached hydrogen (secondary N) is 1. The Kier molecular flexibility index (Phi) is 8.51. The van der Waals surface area contributed by atoms with Crippen LogP contribution in [0.25, 0.3) is 0 Å². The van der Waals surface area contributed by atoms with E-state index in [1.807, 2.05) is 0 Å². The fourth-order valence-electron chi connectivity index (χ4n) is 3.83. The van der Waals surface area contributed by atoms with Crippen LogP contribution in [0.3, 0.4) is 0 Å². The molecule has 1 amide bonds. The number of hydrogen-bond donors (Lipinski definition) is 2. The van der Waals surface area contributed by atoms with Crippen LogP contribution in [0.1, 0.15) is 40.0 Å². The molecule has 0 aromatic rings. The molecular formula is C15H31ClN2O4S. The topological polar surface area (TPSA) is 98.5 Å². The zero-order valence-electron chi connectivity index (χ0n) is 14.7. The molecule has 0 aliphatic heterocycles. The highest BCUT2D eigenvalue weighted by Crippen LogP contribution is 2.52. The number of carbonyl (C=O) groups is 1. The molecule has 1 aliphatic rings. The molecule has 4 atom stereocenters. The Balaban J connectivity index is 0.00000484. The molecule has 23 heavy (non-hydrogen) atoms. The first-order valence-corrected chi connectivity index (χ1v) is 9.95. The van der Waals surface area contributed by atoms with Crippen LogP contribution in [-0.4, -0.2) is 51.6 Å². The summed E-state index contributed by atoms with van der Waals surface area (Å²) in [4.78, 5) is 12.3. The minimum absolute atomic E-state index is 0. The smallest absolute Gasteiger partial charge is 0.237 e. The summed E-state index contributed by atoms with van der Waals surface area (Å²) in [6.07, 6.45) is 3.24. The molecule has 0 bridgehead atoms. The van der Waals surface area contributed by atoms with Crippen molar-refractivity contribution < 1.29 is 17.9 Å². The normalized spacial score (nSPS) is 27.5. The van der Waals surface area contributed by atoms with E-state index in [1.54, 1.807) is 7.11 Å². The van der Waals surface area contributed by atoms with Crippen molar-refractivity contribution in [1.82, 2.24) is 5.32 Å². The molecule has 0 radical (unpaired) electrons. The average Bonchev–Trinajstić information content (AvgIpc) is 2.46. The summed E-state index contributed by atoms with van der Waals surface area (Å²) in [6, 6.07) is -0.779. The molecule has 4 unspecified atom stereocenters. The van der Waals surface area contributed by atoms with E-state index in [9.17, 15) is 13.2 Å². The predicted octanol–water partition coefficient (Wildman–Crippen LogP) is 1.13. The third-order valence-electron chi connectivity index (χ3n) is 5.19. The van der Waals surface area contributed by atoms with Crippen LogP contribution in [0.2, 0.25) is 0 Å². The molecule has 138 valence electrons. The first-order valence-electron chi connectivity index (χ1n) is 7.89. The number of nitrogens with two attached hydrogens (primary N) is 1. The highest BCUT2D eigenvalue weighted by molar-refractivity contribution is 7.90. The van der Waals surface area contributed by atoms with Gasteiger partial charge in [0, 0.05) is 30.7 Å². The van der Waals surface area contributed by atoms with Gasteiger partial charge in [-0.2, -0.15) is 0 Å². The number of ether oxygens (including phenoxy) is 1. The van der Waals surface area contributed by atoms with Crippen molar-refractivity contribution in [1.29, 1.82) is 0 Å². The minimum atomic E-state index is -3.11. The monoisotopic (exact) mass is 370 g/mol. The molecule has 1 aliphatic carbocycles. The van der Waals surface area contributed by atoms with E-state index in [4.69, 9.17) is 10.5 Å². The largest absolute Gasteiger partial charge is 0.380 e. The fraction of sp³-hybridized carbons (Fsp3) is 0.933. The summed E-state index contributed by atoms with van der Waals surface area (Å²) in [5.74, 6) is -0.132. The summed E-state index contributed by atoms with van der Waals surface area (Å²) in [5, 5.41) is 3.02. The van der Waals surface area contributed by atoms with Crippen molar-refractivity contribution in [3.63, 3.8) is 0 Å². The third-order valence-corrected chi connectivity index (χ3v) is 6.17. The second kappa shape index (κ2) is 8.65. The van der Waals surface area contributed by atoms with Gasteiger partial charge >= 0.3 is 0 Å². The van der Waals surface area contributed by atoms with Crippen molar-refractivity contribution in [2.75, 3.05) is 19.1 Å². The second-order valence-corrected chi connectivity index (χ2v) is 8.73. The lowest BCUT2D eigenvalue weighted by molar-refractivity contribution is -0.172. The average molecular weight is 371 g/mol. The maximum Gasteiger partial charge on any atom is 0.237 e. The molecule has 0 aromatic heterocycles. The summed E-state index contributed by atoms with van der Waals surface area (Å²) < 4.78 is 27.9. The van der Waals surface area contributed by atoms with E-state index in [1.165, 1.54) is 0 Å². The van der Waals surface area contributed by atoms with Crippen molar-refractivity contribution in [3.8, 4) is 0 Å². The number of hydrogen-bond acceptors (Lipinski definition) is 5. The van der Waals surface area contributed by atoms with E-state index in [0.717, 1.165) is 19.1 Å². The van der Waals surface area contributed by atoms with Gasteiger partial charge in [-0.15, -0.1) is 12.4 Å². The van der Waals surface area contributed by atoms with Crippen LogP contribution in [0, 0.1) is 11.3 Å². The van der Waals surface area contributed by atoms with Gasteiger partial charge in [0.05, 0.1) is 17.9 Å². The lowest BCUT2D eigenvalue weighted by Gasteiger charge is -2.59. The highest BCUT2D eigenvalue weighted by Gasteiger charge is 2.58. The van der Waals surface area contributed by atoms with Crippen LogP contribution in [0.15, 0.2) is 0 Å². The number of carbonyl (C=O) groups excluding carboxylic acids is 1. The first kappa shape index (κ1) is 22.6. The molecule has 0 spiro atoms. The van der Waals surface area contributed by atoms with Gasteiger partial charge in [0.25, 0.3) is 0 Å². The Labute approximate surface area is 146 Å². The maximum atomic E-state index is 12.3. The molecule has 1 fully saturated rings. The SMILES string of the molecule is CCC1(CC)C(NC(=O)C(N)CCS(C)(=O)=O)C(C)C1OC.Cl. The van der Waals surface area contributed by atoms with Crippen molar-refractivity contribution >= 4 is 28.2 Å². The molecule has 0 aromatic carbocycles. The van der Waals surface area contributed by atoms with E-state index in [0.29, 0.717) is 0 Å². The van der Waals surface area contributed by atoms with Crippen LogP contribution < -0.4 is 11.1 Å². The Morgan fingerprint density at radius 2 is 1.87 bits per heavy atom. The number of sulfone groups is 1. The van der Waals surface area contributed by atoms with E-state index in [2.05, 4.69) is 26.1 Å². The number of rotatable bonds is 8. The van der Waals surface area contributed by atoms with Crippen LogP contribution in [-0.2, 0) is 19.4 Å². The van der Waals surface area contributed by atoms with E-state index < -0.39 is 15.9 Å². The van der Waals surface area contributed by atoms with Crippen molar-refractivity contribution in [2.45, 2.75) is 58.2 Å². The predicted molar refractivity (Wildman–Crippen MR) is 94.5 cm³/mol. The number of amides is 1. The van der Waals surface area contributed by atoms with Crippen molar-refractivity contribution in [3.05, 3.63) is 0 Å². The van der Waals surface area contributed by atoms with Gasteiger partial charge < -0.3 is 15.8 Å². The minimum Gasteiger partial charge on any atom is -0.380 e.